The van der Waals surface area contributed by atoms with Crippen molar-refractivity contribution in [3.05, 3.63) is 60.1 Å². The highest BCUT2D eigenvalue weighted by Crippen LogP contribution is 2.23. The maximum absolute atomic E-state index is 4.44. The topological polar surface area (TPSA) is 85.8 Å². The summed E-state index contributed by atoms with van der Waals surface area (Å²) >= 11 is 0. The molecule has 3 aromatic heterocycles. The van der Waals surface area contributed by atoms with Crippen molar-refractivity contribution in [1.29, 1.82) is 0 Å². The van der Waals surface area contributed by atoms with Gasteiger partial charge in [-0.25, -0.2) is 9.67 Å². The van der Waals surface area contributed by atoms with Crippen LogP contribution in [-0.4, -0.2) is 34.6 Å². The van der Waals surface area contributed by atoms with Crippen molar-refractivity contribution in [2.75, 3.05) is 5.32 Å². The van der Waals surface area contributed by atoms with E-state index >= 15 is 0 Å². The number of para-hydroxylation sites is 1. The van der Waals surface area contributed by atoms with Gasteiger partial charge in [0, 0.05) is 6.54 Å². The van der Waals surface area contributed by atoms with Crippen LogP contribution in [0.3, 0.4) is 0 Å². The first-order chi connectivity index (χ1) is 11.7. The van der Waals surface area contributed by atoms with Crippen LogP contribution in [0.4, 0.5) is 5.69 Å². The van der Waals surface area contributed by atoms with Crippen molar-refractivity contribution < 1.29 is 0 Å². The quantitative estimate of drug-likeness (QED) is 0.618. The lowest BCUT2D eigenvalue weighted by atomic mass is 10.1. The minimum Gasteiger partial charge on any atom is -0.378 e. The Morgan fingerprint density at radius 2 is 2.00 bits per heavy atom. The third kappa shape index (κ3) is 2.37. The van der Waals surface area contributed by atoms with E-state index in [1.54, 1.807) is 21.9 Å². The predicted octanol–water partition coefficient (Wildman–Crippen LogP) is 1.93. The molecule has 1 aromatic carbocycles. The first kappa shape index (κ1) is 14.3. The molecule has 0 fully saturated rings. The Balaban J connectivity index is 1.70. The average Bonchev–Trinajstić information content (AvgIpc) is 3.27. The molecule has 0 bridgehead atoms. The molecule has 0 spiro atoms. The highest BCUT2D eigenvalue weighted by molar-refractivity contribution is 5.71. The fourth-order valence-electron chi connectivity index (χ4n) is 2.66. The summed E-state index contributed by atoms with van der Waals surface area (Å²) in [5.41, 5.74) is 5.76. The molecule has 8 heteroatoms. The Kier molecular flexibility index (Phi) is 3.42. The fraction of sp³-hybridized carbons (Fsp3) is 0.188. The van der Waals surface area contributed by atoms with Gasteiger partial charge in [-0.3, -0.25) is 0 Å². The van der Waals surface area contributed by atoms with Gasteiger partial charge < -0.3 is 5.32 Å². The molecule has 3 heterocycles. The third-order valence-electron chi connectivity index (χ3n) is 4.04. The van der Waals surface area contributed by atoms with Gasteiger partial charge >= 0.3 is 0 Å². The van der Waals surface area contributed by atoms with Crippen LogP contribution in [0.2, 0.25) is 0 Å². The average molecular weight is 320 g/mol. The van der Waals surface area contributed by atoms with E-state index in [1.807, 2.05) is 32.0 Å². The Morgan fingerprint density at radius 1 is 1.12 bits per heavy atom. The summed E-state index contributed by atoms with van der Waals surface area (Å²) in [6.45, 7) is 4.63. The molecule has 0 aliphatic carbocycles. The zero-order chi connectivity index (χ0) is 16.5. The van der Waals surface area contributed by atoms with Crippen LogP contribution in [0, 0.1) is 13.8 Å². The molecule has 0 unspecified atom stereocenters. The Morgan fingerprint density at radius 3 is 2.83 bits per heavy atom. The zero-order valence-electron chi connectivity index (χ0n) is 13.4. The van der Waals surface area contributed by atoms with Crippen molar-refractivity contribution in [3.63, 3.8) is 0 Å². The van der Waals surface area contributed by atoms with Crippen molar-refractivity contribution >= 4 is 11.3 Å². The fourth-order valence-corrected chi connectivity index (χ4v) is 2.66. The van der Waals surface area contributed by atoms with Crippen LogP contribution in [0.25, 0.3) is 11.3 Å². The summed E-state index contributed by atoms with van der Waals surface area (Å²) in [5, 5.41) is 20.2. The second kappa shape index (κ2) is 5.73. The van der Waals surface area contributed by atoms with Crippen LogP contribution < -0.4 is 5.32 Å². The number of aromatic nitrogens is 7. The number of anilines is 1. The van der Waals surface area contributed by atoms with Crippen molar-refractivity contribution in [2.45, 2.75) is 20.4 Å². The lowest BCUT2D eigenvalue weighted by Crippen LogP contribution is -2.09. The van der Waals surface area contributed by atoms with E-state index in [-0.39, 0.29) is 0 Å². The number of nitrogens with zero attached hydrogens (tertiary/aromatic N) is 7. The summed E-state index contributed by atoms with van der Waals surface area (Å²) in [4.78, 5) is 4.02. The van der Waals surface area contributed by atoms with Gasteiger partial charge in [0.25, 0.3) is 0 Å². The van der Waals surface area contributed by atoms with Crippen LogP contribution in [-0.2, 0) is 6.54 Å². The summed E-state index contributed by atoms with van der Waals surface area (Å²) in [6.07, 6.45) is 4.83. The molecule has 8 nitrogen and oxygen atoms in total. The summed E-state index contributed by atoms with van der Waals surface area (Å²) in [6, 6.07) is 8.07. The Hall–Kier alpha value is -3.29. The number of hydrogen-bond donors (Lipinski definition) is 1. The van der Waals surface area contributed by atoms with Crippen LogP contribution >= 0.6 is 0 Å². The van der Waals surface area contributed by atoms with Crippen LogP contribution in [0.15, 0.2) is 43.2 Å². The highest BCUT2D eigenvalue weighted by atomic mass is 15.3. The van der Waals surface area contributed by atoms with Gasteiger partial charge in [-0.2, -0.15) is 14.7 Å². The lowest BCUT2D eigenvalue weighted by molar-refractivity contribution is 0.860. The minimum atomic E-state index is 0.628. The highest BCUT2D eigenvalue weighted by Gasteiger charge is 2.12. The van der Waals surface area contributed by atoms with Gasteiger partial charge in [-0.1, -0.05) is 18.2 Å². The van der Waals surface area contributed by atoms with Crippen LogP contribution in [0.5, 0.6) is 0 Å². The van der Waals surface area contributed by atoms with E-state index in [4.69, 9.17) is 0 Å². The van der Waals surface area contributed by atoms with Crippen molar-refractivity contribution in [3.8, 4) is 5.69 Å². The molecule has 4 aromatic rings. The van der Waals surface area contributed by atoms with E-state index in [0.29, 0.717) is 6.54 Å². The van der Waals surface area contributed by atoms with Crippen molar-refractivity contribution in [2.24, 2.45) is 0 Å². The molecule has 0 saturated carbocycles. The van der Waals surface area contributed by atoms with Crippen molar-refractivity contribution in [1.82, 2.24) is 34.6 Å². The number of nitrogens with one attached hydrogen (secondary N) is 1. The number of benzene rings is 1. The minimum absolute atomic E-state index is 0.628. The maximum atomic E-state index is 4.44. The first-order valence-electron chi connectivity index (χ1n) is 7.58. The molecule has 0 saturated heterocycles. The summed E-state index contributed by atoms with van der Waals surface area (Å²) < 4.78 is 3.45. The van der Waals surface area contributed by atoms with Gasteiger partial charge in [0.15, 0.2) is 0 Å². The predicted molar refractivity (Wildman–Crippen MR) is 88.9 cm³/mol. The second-order valence-electron chi connectivity index (χ2n) is 5.51. The zero-order valence-corrected chi connectivity index (χ0v) is 13.4. The molecule has 24 heavy (non-hydrogen) atoms. The van der Waals surface area contributed by atoms with Gasteiger partial charge in [0.05, 0.1) is 17.1 Å². The number of aryl methyl sites for hydroxylation is 1. The van der Waals surface area contributed by atoms with Crippen LogP contribution in [0.1, 0.15) is 16.8 Å². The summed E-state index contributed by atoms with van der Waals surface area (Å²) in [5.74, 6) is 0. The van der Waals surface area contributed by atoms with Gasteiger partial charge in [-0.15, -0.1) is 10.2 Å². The third-order valence-corrected chi connectivity index (χ3v) is 4.04. The smallest absolute Gasteiger partial charge is 0.200 e. The number of hydrogen-bond acceptors (Lipinski definition) is 6. The molecule has 4 rings (SSSR count). The van der Waals surface area contributed by atoms with E-state index in [1.165, 1.54) is 6.33 Å². The monoisotopic (exact) mass is 320 g/mol. The molecule has 0 radical (unpaired) electrons. The largest absolute Gasteiger partial charge is 0.378 e. The van der Waals surface area contributed by atoms with E-state index < -0.39 is 0 Å². The van der Waals surface area contributed by atoms with E-state index in [2.05, 4.69) is 36.8 Å². The van der Waals surface area contributed by atoms with E-state index in [9.17, 15) is 0 Å². The Labute approximate surface area is 138 Å². The standard InChI is InChI=1S/C16H16N8/c1-11-12(2)22-24-10-19-21-16(24)15(11)18-7-13-5-3-4-6-14(13)23-9-17-8-20-23/h3-6,8-10,18H,7H2,1-2H3. The SMILES string of the molecule is Cc1nn2cnnc2c(NCc2ccccc2-n2cncn2)c1C. The Bertz CT molecular complexity index is 987. The molecule has 0 aliphatic rings. The lowest BCUT2D eigenvalue weighted by Gasteiger charge is -2.14. The van der Waals surface area contributed by atoms with E-state index in [0.717, 1.165) is 33.8 Å². The van der Waals surface area contributed by atoms with Gasteiger partial charge in [-0.05, 0) is 31.0 Å². The summed E-state index contributed by atoms with van der Waals surface area (Å²) in [7, 11) is 0. The van der Waals surface area contributed by atoms with Gasteiger partial charge in [0.1, 0.15) is 19.0 Å². The molecular weight excluding hydrogens is 304 g/mol. The van der Waals surface area contributed by atoms with Gasteiger partial charge in [0.2, 0.25) is 5.65 Å². The second-order valence-corrected chi connectivity index (χ2v) is 5.51. The normalized spacial score (nSPS) is 11.1. The maximum Gasteiger partial charge on any atom is 0.200 e. The molecule has 1 N–H and O–H groups in total. The molecule has 120 valence electrons. The molecule has 0 atom stereocenters. The molecular formula is C16H16N8. The number of rotatable bonds is 4. The first-order valence-corrected chi connectivity index (χ1v) is 7.58. The number of fused-ring (bicyclic) bond motifs is 1. The molecule has 0 amide bonds. The molecule has 0 aliphatic heterocycles.